The zero-order valence-corrected chi connectivity index (χ0v) is 17.9. The number of carbonyl (C=O) groups excluding carboxylic acids is 3. The van der Waals surface area contributed by atoms with E-state index in [-0.39, 0.29) is 30.7 Å². The first-order valence-corrected chi connectivity index (χ1v) is 10.6. The molecule has 8 nitrogen and oxygen atoms in total. The third kappa shape index (κ3) is 4.74. The molecule has 32 heavy (non-hydrogen) atoms. The molecule has 2 heterocycles. The van der Waals surface area contributed by atoms with E-state index < -0.39 is 5.92 Å². The number of benzene rings is 2. The van der Waals surface area contributed by atoms with E-state index in [4.69, 9.17) is 4.74 Å². The highest BCUT2D eigenvalue weighted by atomic mass is 16.5. The van der Waals surface area contributed by atoms with E-state index in [0.29, 0.717) is 25.3 Å². The van der Waals surface area contributed by atoms with Crippen molar-refractivity contribution in [3.8, 4) is 5.75 Å². The average molecular weight is 434 g/mol. The van der Waals surface area contributed by atoms with Crippen LogP contribution >= 0.6 is 0 Å². The molecule has 1 aliphatic rings. The van der Waals surface area contributed by atoms with Crippen molar-refractivity contribution in [2.24, 2.45) is 5.92 Å². The van der Waals surface area contributed by atoms with Crippen molar-refractivity contribution in [2.45, 2.75) is 12.8 Å². The number of nitrogens with one attached hydrogen (secondary N) is 3. The van der Waals surface area contributed by atoms with Gasteiger partial charge in [0.05, 0.1) is 19.6 Å². The second kappa shape index (κ2) is 9.55. The summed E-state index contributed by atoms with van der Waals surface area (Å²) in [6.07, 6.45) is 2.77. The fraction of sp³-hybridized carbons (Fsp3) is 0.292. The highest BCUT2D eigenvalue weighted by Crippen LogP contribution is 2.26. The monoisotopic (exact) mass is 434 g/mol. The topological polar surface area (TPSA) is 104 Å². The van der Waals surface area contributed by atoms with Crippen LogP contribution in [-0.4, -0.2) is 49.4 Å². The van der Waals surface area contributed by atoms with Crippen molar-refractivity contribution in [3.63, 3.8) is 0 Å². The van der Waals surface area contributed by atoms with Gasteiger partial charge < -0.3 is 25.3 Å². The number of anilines is 1. The van der Waals surface area contributed by atoms with Gasteiger partial charge in [-0.3, -0.25) is 14.4 Å². The zero-order valence-electron chi connectivity index (χ0n) is 17.9. The van der Waals surface area contributed by atoms with Crippen molar-refractivity contribution in [1.29, 1.82) is 0 Å². The van der Waals surface area contributed by atoms with Crippen LogP contribution in [0.5, 0.6) is 5.75 Å². The standard InChI is InChI=1S/C24H26N4O4/c1-32-19-8-6-18(7-9-19)28-15-17(12-23(28)30)24(31)27-14-22(29)25-11-10-16-13-26-21-5-3-2-4-20(16)21/h2-9,13,17,26H,10-12,14-15H2,1H3,(H,25,29)(H,27,31). The summed E-state index contributed by atoms with van der Waals surface area (Å²) in [7, 11) is 1.58. The van der Waals surface area contributed by atoms with E-state index in [9.17, 15) is 14.4 Å². The van der Waals surface area contributed by atoms with E-state index in [1.54, 1.807) is 36.3 Å². The summed E-state index contributed by atoms with van der Waals surface area (Å²) in [5, 5.41) is 6.62. The first-order valence-electron chi connectivity index (χ1n) is 10.6. The summed E-state index contributed by atoms with van der Waals surface area (Å²) in [6, 6.07) is 15.1. The first kappa shape index (κ1) is 21.4. The maximum Gasteiger partial charge on any atom is 0.239 e. The van der Waals surface area contributed by atoms with Crippen molar-refractivity contribution in [1.82, 2.24) is 15.6 Å². The molecule has 166 valence electrons. The summed E-state index contributed by atoms with van der Waals surface area (Å²) in [6.45, 7) is 0.656. The lowest BCUT2D eigenvalue weighted by Crippen LogP contribution is -2.40. The molecule has 0 saturated carbocycles. The summed E-state index contributed by atoms with van der Waals surface area (Å²) in [5.74, 6) is -0.441. The molecule has 3 N–H and O–H groups in total. The van der Waals surface area contributed by atoms with Gasteiger partial charge >= 0.3 is 0 Å². The Morgan fingerprint density at radius 1 is 1.12 bits per heavy atom. The van der Waals surface area contributed by atoms with Gasteiger partial charge in [-0.2, -0.15) is 0 Å². The van der Waals surface area contributed by atoms with Crippen molar-refractivity contribution in [3.05, 3.63) is 60.3 Å². The molecule has 3 amide bonds. The molecule has 8 heteroatoms. The second-order valence-corrected chi connectivity index (χ2v) is 7.78. The number of carbonyl (C=O) groups is 3. The summed E-state index contributed by atoms with van der Waals surface area (Å²) in [4.78, 5) is 41.8. The largest absolute Gasteiger partial charge is 0.497 e. The molecule has 1 aliphatic heterocycles. The van der Waals surface area contributed by atoms with Gasteiger partial charge in [0.2, 0.25) is 17.7 Å². The van der Waals surface area contributed by atoms with Crippen LogP contribution in [0.3, 0.4) is 0 Å². The average Bonchev–Trinajstić information content (AvgIpc) is 3.41. The fourth-order valence-electron chi connectivity index (χ4n) is 3.94. The first-order chi connectivity index (χ1) is 15.5. The fourth-order valence-corrected chi connectivity index (χ4v) is 3.94. The van der Waals surface area contributed by atoms with E-state index in [0.717, 1.165) is 22.2 Å². The Morgan fingerprint density at radius 3 is 2.69 bits per heavy atom. The smallest absolute Gasteiger partial charge is 0.239 e. The number of ether oxygens (including phenoxy) is 1. The number of nitrogens with zero attached hydrogens (tertiary/aromatic N) is 1. The van der Waals surface area contributed by atoms with Gasteiger partial charge in [0, 0.05) is 42.3 Å². The highest BCUT2D eigenvalue weighted by molar-refractivity contribution is 6.00. The van der Waals surface area contributed by atoms with E-state index in [2.05, 4.69) is 15.6 Å². The van der Waals surface area contributed by atoms with E-state index in [1.165, 1.54) is 0 Å². The van der Waals surface area contributed by atoms with Crippen molar-refractivity contribution >= 4 is 34.3 Å². The Labute approximate surface area is 185 Å². The zero-order chi connectivity index (χ0) is 22.5. The van der Waals surface area contributed by atoms with Gasteiger partial charge in [0.25, 0.3) is 0 Å². The number of hydrogen-bond donors (Lipinski definition) is 3. The third-order valence-corrected chi connectivity index (χ3v) is 5.69. The SMILES string of the molecule is COc1ccc(N2CC(C(=O)NCC(=O)NCCc3c[nH]c4ccccc34)CC2=O)cc1. The number of methoxy groups -OCH3 is 1. The molecule has 0 bridgehead atoms. The number of aromatic nitrogens is 1. The number of hydrogen-bond acceptors (Lipinski definition) is 4. The Balaban J connectivity index is 1.22. The summed E-state index contributed by atoms with van der Waals surface area (Å²) >= 11 is 0. The van der Waals surface area contributed by atoms with Gasteiger partial charge in [-0.1, -0.05) is 18.2 Å². The quantitative estimate of drug-likeness (QED) is 0.505. The number of amides is 3. The van der Waals surface area contributed by atoms with Crippen molar-refractivity contribution < 1.29 is 19.1 Å². The van der Waals surface area contributed by atoms with E-state index in [1.807, 2.05) is 30.5 Å². The van der Waals surface area contributed by atoms with Crippen LogP contribution in [0.2, 0.25) is 0 Å². The van der Waals surface area contributed by atoms with Crippen LogP contribution in [0.1, 0.15) is 12.0 Å². The summed E-state index contributed by atoms with van der Waals surface area (Å²) < 4.78 is 5.13. The van der Waals surface area contributed by atoms with Gasteiger partial charge in [-0.15, -0.1) is 0 Å². The number of para-hydroxylation sites is 1. The molecule has 0 aliphatic carbocycles. The molecule has 1 atom stereocenters. The molecule has 0 radical (unpaired) electrons. The van der Waals surface area contributed by atoms with Gasteiger partial charge in [0.1, 0.15) is 5.75 Å². The molecular weight excluding hydrogens is 408 g/mol. The molecule has 1 saturated heterocycles. The van der Waals surface area contributed by atoms with Crippen LogP contribution < -0.4 is 20.3 Å². The van der Waals surface area contributed by atoms with Gasteiger partial charge in [0.15, 0.2) is 0 Å². The Hall–Kier alpha value is -3.81. The Kier molecular flexibility index (Phi) is 6.39. The lowest BCUT2D eigenvalue weighted by atomic mass is 10.1. The van der Waals surface area contributed by atoms with Crippen LogP contribution in [-0.2, 0) is 20.8 Å². The lowest BCUT2D eigenvalue weighted by molar-refractivity contribution is -0.128. The lowest BCUT2D eigenvalue weighted by Gasteiger charge is -2.17. The Bertz CT molecular complexity index is 1120. The minimum Gasteiger partial charge on any atom is -0.497 e. The van der Waals surface area contributed by atoms with Crippen LogP contribution in [0.4, 0.5) is 5.69 Å². The number of aromatic amines is 1. The van der Waals surface area contributed by atoms with Gasteiger partial charge in [-0.05, 0) is 42.3 Å². The normalized spacial score (nSPS) is 15.7. The Morgan fingerprint density at radius 2 is 1.91 bits per heavy atom. The molecule has 4 rings (SSSR count). The number of rotatable bonds is 8. The minimum atomic E-state index is -0.483. The minimum absolute atomic E-state index is 0.111. The van der Waals surface area contributed by atoms with Crippen molar-refractivity contribution in [2.75, 3.05) is 31.6 Å². The molecule has 1 aromatic heterocycles. The van der Waals surface area contributed by atoms with E-state index >= 15 is 0 Å². The molecule has 1 unspecified atom stereocenters. The summed E-state index contributed by atoms with van der Waals surface area (Å²) in [5.41, 5.74) is 2.92. The predicted molar refractivity (Wildman–Crippen MR) is 121 cm³/mol. The van der Waals surface area contributed by atoms with Gasteiger partial charge in [-0.25, -0.2) is 0 Å². The molecular formula is C24H26N4O4. The number of fused-ring (bicyclic) bond motifs is 1. The number of H-pyrrole nitrogens is 1. The van der Waals surface area contributed by atoms with Crippen LogP contribution in [0.25, 0.3) is 10.9 Å². The maximum absolute atomic E-state index is 12.5. The third-order valence-electron chi connectivity index (χ3n) is 5.69. The molecule has 2 aromatic carbocycles. The second-order valence-electron chi connectivity index (χ2n) is 7.78. The molecule has 0 spiro atoms. The highest BCUT2D eigenvalue weighted by Gasteiger charge is 2.35. The maximum atomic E-state index is 12.5. The molecule has 3 aromatic rings. The molecule has 1 fully saturated rings. The predicted octanol–water partition coefficient (Wildman–Crippen LogP) is 2.00. The van der Waals surface area contributed by atoms with Crippen LogP contribution in [0, 0.1) is 5.92 Å². The van der Waals surface area contributed by atoms with Crippen LogP contribution in [0.15, 0.2) is 54.7 Å².